The van der Waals surface area contributed by atoms with E-state index >= 15 is 0 Å². The summed E-state index contributed by atoms with van der Waals surface area (Å²) in [7, 11) is 3.95. The first-order valence-electron chi connectivity index (χ1n) is 10.2. The second kappa shape index (κ2) is 8.81. The number of thiophene rings is 1. The maximum atomic E-state index is 13.1. The molecular formula is C22H26N4O2S2. The number of fused-ring (bicyclic) bond motifs is 3. The summed E-state index contributed by atoms with van der Waals surface area (Å²) in [6.07, 6.45) is 4.33. The molecule has 0 bridgehead atoms. The molecule has 0 fully saturated rings. The molecule has 158 valence electrons. The van der Waals surface area contributed by atoms with Gasteiger partial charge in [0.1, 0.15) is 4.83 Å². The number of anilines is 2. The van der Waals surface area contributed by atoms with Crippen molar-refractivity contribution in [1.82, 2.24) is 9.55 Å². The number of benzene rings is 1. The molecule has 0 radical (unpaired) electrons. The number of aryl methyl sites for hydroxylation is 2. The average Bonchev–Trinajstić information content (AvgIpc) is 3.11. The van der Waals surface area contributed by atoms with E-state index in [0.29, 0.717) is 11.7 Å². The largest absolute Gasteiger partial charge is 0.378 e. The molecule has 0 aliphatic heterocycles. The zero-order valence-electron chi connectivity index (χ0n) is 17.5. The van der Waals surface area contributed by atoms with Gasteiger partial charge in [0.2, 0.25) is 5.91 Å². The number of nitrogens with zero attached hydrogens (tertiary/aromatic N) is 3. The third-order valence-corrected chi connectivity index (χ3v) is 7.52. The van der Waals surface area contributed by atoms with Gasteiger partial charge >= 0.3 is 0 Å². The van der Waals surface area contributed by atoms with Gasteiger partial charge in [0, 0.05) is 36.9 Å². The molecule has 0 saturated carbocycles. The van der Waals surface area contributed by atoms with Crippen LogP contribution in [0.25, 0.3) is 10.2 Å². The van der Waals surface area contributed by atoms with Crippen LogP contribution < -0.4 is 15.8 Å². The number of nitrogens with one attached hydrogen (secondary N) is 1. The van der Waals surface area contributed by atoms with Gasteiger partial charge in [-0.05, 0) is 62.4 Å². The second-order valence-corrected chi connectivity index (χ2v) is 9.64. The summed E-state index contributed by atoms with van der Waals surface area (Å²) in [5.74, 6) is 0.0958. The maximum Gasteiger partial charge on any atom is 0.263 e. The molecule has 0 spiro atoms. The molecule has 2 aromatic heterocycles. The Kier molecular flexibility index (Phi) is 6.15. The molecule has 1 amide bonds. The van der Waals surface area contributed by atoms with E-state index in [2.05, 4.69) is 5.32 Å². The summed E-state index contributed by atoms with van der Waals surface area (Å²) in [6, 6.07) is 7.71. The van der Waals surface area contributed by atoms with Crippen LogP contribution in [0.1, 0.15) is 30.2 Å². The van der Waals surface area contributed by atoms with Crippen LogP contribution in [0, 0.1) is 0 Å². The van der Waals surface area contributed by atoms with Crippen molar-refractivity contribution in [3.63, 3.8) is 0 Å². The second-order valence-electron chi connectivity index (χ2n) is 7.61. The van der Waals surface area contributed by atoms with Gasteiger partial charge in [-0.1, -0.05) is 11.8 Å². The van der Waals surface area contributed by atoms with E-state index in [1.54, 1.807) is 15.9 Å². The molecule has 1 N–H and O–H groups in total. The fourth-order valence-corrected chi connectivity index (χ4v) is 5.94. The van der Waals surface area contributed by atoms with Gasteiger partial charge in [0.05, 0.1) is 11.1 Å². The maximum absolute atomic E-state index is 13.1. The first-order valence-corrected chi connectivity index (χ1v) is 12.0. The quantitative estimate of drug-likeness (QED) is 0.459. The first-order chi connectivity index (χ1) is 14.5. The van der Waals surface area contributed by atoms with Gasteiger partial charge in [-0.2, -0.15) is 0 Å². The molecule has 1 aliphatic carbocycles. The molecule has 1 aromatic carbocycles. The highest BCUT2D eigenvalue weighted by Gasteiger charge is 2.22. The summed E-state index contributed by atoms with van der Waals surface area (Å²) in [4.78, 5) is 34.5. The topological polar surface area (TPSA) is 67.2 Å². The van der Waals surface area contributed by atoms with E-state index in [1.165, 1.54) is 28.6 Å². The molecular weight excluding hydrogens is 416 g/mol. The van der Waals surface area contributed by atoms with Crippen LogP contribution in [-0.2, 0) is 24.2 Å². The SMILES string of the molecule is CCn1c(SCC(=O)Nc2ccc(N(C)C)cc2)nc2sc3c(c2c1=O)CCCC3. The van der Waals surface area contributed by atoms with Crippen molar-refractivity contribution in [2.24, 2.45) is 0 Å². The normalized spacial score (nSPS) is 13.3. The van der Waals surface area contributed by atoms with Crippen LogP contribution in [0.2, 0.25) is 0 Å². The van der Waals surface area contributed by atoms with E-state index in [-0.39, 0.29) is 17.2 Å². The lowest BCUT2D eigenvalue weighted by molar-refractivity contribution is -0.113. The van der Waals surface area contributed by atoms with Crippen LogP contribution in [-0.4, -0.2) is 35.3 Å². The van der Waals surface area contributed by atoms with Crippen molar-refractivity contribution in [2.75, 3.05) is 30.1 Å². The highest BCUT2D eigenvalue weighted by atomic mass is 32.2. The molecule has 8 heteroatoms. The Morgan fingerprint density at radius 1 is 1.23 bits per heavy atom. The van der Waals surface area contributed by atoms with Gasteiger partial charge < -0.3 is 10.2 Å². The number of carbonyl (C=O) groups excluding carboxylic acids is 1. The third-order valence-electron chi connectivity index (χ3n) is 5.36. The monoisotopic (exact) mass is 442 g/mol. The highest BCUT2D eigenvalue weighted by molar-refractivity contribution is 7.99. The Labute approximate surface area is 184 Å². The minimum absolute atomic E-state index is 0.0316. The zero-order chi connectivity index (χ0) is 21.3. The molecule has 0 atom stereocenters. The lowest BCUT2D eigenvalue weighted by Gasteiger charge is -2.13. The molecule has 0 saturated heterocycles. The molecule has 2 heterocycles. The molecule has 3 aromatic rings. The number of carbonyl (C=O) groups is 1. The van der Waals surface area contributed by atoms with Crippen LogP contribution in [0.15, 0.2) is 34.2 Å². The number of aromatic nitrogens is 2. The molecule has 4 rings (SSSR count). The van der Waals surface area contributed by atoms with Gasteiger partial charge in [-0.25, -0.2) is 4.98 Å². The summed E-state index contributed by atoms with van der Waals surface area (Å²) in [6.45, 7) is 2.49. The molecule has 30 heavy (non-hydrogen) atoms. The van der Waals surface area contributed by atoms with Crippen LogP contribution in [0.3, 0.4) is 0 Å². The van der Waals surface area contributed by atoms with Gasteiger partial charge in [0.15, 0.2) is 5.16 Å². The smallest absolute Gasteiger partial charge is 0.263 e. The molecule has 0 unspecified atom stereocenters. The fraction of sp³-hybridized carbons (Fsp3) is 0.409. The number of amides is 1. The number of hydrogen-bond acceptors (Lipinski definition) is 6. The van der Waals surface area contributed by atoms with Crippen molar-refractivity contribution in [3.05, 3.63) is 45.1 Å². The Morgan fingerprint density at radius 2 is 1.97 bits per heavy atom. The zero-order valence-corrected chi connectivity index (χ0v) is 19.2. The van der Waals surface area contributed by atoms with Crippen molar-refractivity contribution in [3.8, 4) is 0 Å². The van der Waals surface area contributed by atoms with Gasteiger partial charge in [-0.15, -0.1) is 11.3 Å². The van der Waals surface area contributed by atoms with Crippen molar-refractivity contribution >= 4 is 50.6 Å². The highest BCUT2D eigenvalue weighted by Crippen LogP contribution is 2.34. The standard InChI is InChI=1S/C22H26N4O2S2/c1-4-26-21(28)19-16-7-5-6-8-17(16)30-20(19)24-22(26)29-13-18(27)23-14-9-11-15(12-10-14)25(2)3/h9-12H,4-8,13H2,1-3H3,(H,23,27). The first kappa shape index (κ1) is 20.9. The Balaban J connectivity index is 1.52. The van der Waals surface area contributed by atoms with E-state index in [0.717, 1.165) is 40.9 Å². The number of rotatable bonds is 6. The minimum atomic E-state index is -0.111. The van der Waals surface area contributed by atoms with Crippen LogP contribution in [0.4, 0.5) is 11.4 Å². The predicted molar refractivity (Wildman–Crippen MR) is 126 cm³/mol. The minimum Gasteiger partial charge on any atom is -0.378 e. The van der Waals surface area contributed by atoms with E-state index < -0.39 is 0 Å². The predicted octanol–water partition coefficient (Wildman–Crippen LogP) is 4.15. The summed E-state index contributed by atoms with van der Waals surface area (Å²) in [5.41, 5.74) is 3.07. The Hall–Kier alpha value is -2.32. The summed E-state index contributed by atoms with van der Waals surface area (Å²) in [5, 5.41) is 4.33. The Morgan fingerprint density at radius 3 is 2.67 bits per heavy atom. The summed E-state index contributed by atoms with van der Waals surface area (Å²) < 4.78 is 1.70. The average molecular weight is 443 g/mol. The number of hydrogen-bond donors (Lipinski definition) is 1. The molecule has 1 aliphatic rings. The van der Waals surface area contributed by atoms with Gasteiger partial charge in [-0.3, -0.25) is 14.2 Å². The lowest BCUT2D eigenvalue weighted by atomic mass is 9.97. The Bertz CT molecular complexity index is 1130. The van der Waals surface area contributed by atoms with E-state index in [1.807, 2.05) is 50.2 Å². The lowest BCUT2D eigenvalue weighted by Crippen LogP contribution is -2.24. The fourth-order valence-electron chi connectivity index (χ4n) is 3.78. The van der Waals surface area contributed by atoms with Gasteiger partial charge in [0.25, 0.3) is 5.56 Å². The van der Waals surface area contributed by atoms with Crippen molar-refractivity contribution < 1.29 is 4.79 Å². The van der Waals surface area contributed by atoms with Crippen molar-refractivity contribution in [2.45, 2.75) is 44.3 Å². The number of thioether (sulfide) groups is 1. The molecule has 6 nitrogen and oxygen atoms in total. The van der Waals surface area contributed by atoms with Crippen molar-refractivity contribution in [1.29, 1.82) is 0 Å². The van der Waals surface area contributed by atoms with Crippen LogP contribution in [0.5, 0.6) is 0 Å². The summed E-state index contributed by atoms with van der Waals surface area (Å²) >= 11 is 2.97. The van der Waals surface area contributed by atoms with E-state index in [4.69, 9.17) is 4.98 Å². The third kappa shape index (κ3) is 4.11. The van der Waals surface area contributed by atoms with E-state index in [9.17, 15) is 9.59 Å². The van der Waals surface area contributed by atoms with Crippen LogP contribution >= 0.6 is 23.1 Å².